The SMILES string of the molecule is COC1CNC(=O)c2ccccc2O1. The summed E-state index contributed by atoms with van der Waals surface area (Å²) in [4.78, 5) is 11.5. The zero-order chi connectivity index (χ0) is 9.97. The van der Waals surface area contributed by atoms with Crippen molar-refractivity contribution in [2.24, 2.45) is 0 Å². The van der Waals surface area contributed by atoms with Gasteiger partial charge in [-0.2, -0.15) is 0 Å². The minimum absolute atomic E-state index is 0.125. The minimum Gasteiger partial charge on any atom is -0.462 e. The van der Waals surface area contributed by atoms with E-state index in [0.717, 1.165) is 0 Å². The van der Waals surface area contributed by atoms with E-state index in [-0.39, 0.29) is 5.91 Å². The molecule has 1 atom stereocenters. The summed E-state index contributed by atoms with van der Waals surface area (Å²) >= 11 is 0. The molecular formula is C10H11NO3. The van der Waals surface area contributed by atoms with E-state index >= 15 is 0 Å². The standard InChI is InChI=1S/C10H11NO3/c1-13-9-6-11-10(12)7-4-2-3-5-8(7)14-9/h2-5,9H,6H2,1H3,(H,11,12). The molecule has 1 aromatic carbocycles. The van der Waals surface area contributed by atoms with E-state index in [4.69, 9.17) is 9.47 Å². The Labute approximate surface area is 81.8 Å². The quantitative estimate of drug-likeness (QED) is 0.717. The Balaban J connectivity index is 2.36. The van der Waals surface area contributed by atoms with Gasteiger partial charge < -0.3 is 14.8 Å². The van der Waals surface area contributed by atoms with Gasteiger partial charge in [-0.3, -0.25) is 4.79 Å². The summed E-state index contributed by atoms with van der Waals surface area (Å²) in [6.45, 7) is 0.365. The van der Waals surface area contributed by atoms with Crippen LogP contribution in [0.15, 0.2) is 24.3 Å². The largest absolute Gasteiger partial charge is 0.462 e. The molecule has 0 spiro atoms. The van der Waals surface area contributed by atoms with Crippen molar-refractivity contribution in [2.45, 2.75) is 6.29 Å². The number of rotatable bonds is 1. The van der Waals surface area contributed by atoms with Crippen molar-refractivity contribution in [1.29, 1.82) is 0 Å². The van der Waals surface area contributed by atoms with Gasteiger partial charge in [-0.25, -0.2) is 0 Å². The molecule has 1 heterocycles. The summed E-state index contributed by atoms with van der Waals surface area (Å²) in [5, 5.41) is 2.71. The number of carbonyl (C=O) groups is 1. The first kappa shape index (κ1) is 9.02. The van der Waals surface area contributed by atoms with Crippen molar-refractivity contribution in [2.75, 3.05) is 13.7 Å². The van der Waals surface area contributed by atoms with Crippen LogP contribution in [0.5, 0.6) is 5.75 Å². The van der Waals surface area contributed by atoms with Crippen LogP contribution in [0.3, 0.4) is 0 Å². The van der Waals surface area contributed by atoms with Gasteiger partial charge >= 0.3 is 0 Å². The Morgan fingerprint density at radius 1 is 1.50 bits per heavy atom. The lowest BCUT2D eigenvalue weighted by Crippen LogP contribution is -2.32. The van der Waals surface area contributed by atoms with Crippen LogP contribution in [0.4, 0.5) is 0 Å². The first-order chi connectivity index (χ1) is 6.81. The highest BCUT2D eigenvalue weighted by atomic mass is 16.7. The molecule has 0 radical (unpaired) electrons. The normalized spacial score (nSPS) is 20.4. The number of amides is 1. The van der Waals surface area contributed by atoms with Gasteiger partial charge in [0.05, 0.1) is 12.1 Å². The number of carbonyl (C=O) groups excluding carboxylic acids is 1. The molecule has 0 fully saturated rings. The highest BCUT2D eigenvalue weighted by Gasteiger charge is 2.21. The maximum atomic E-state index is 11.5. The molecule has 74 valence electrons. The summed E-state index contributed by atoms with van der Waals surface area (Å²) in [5.74, 6) is 0.439. The predicted molar refractivity (Wildman–Crippen MR) is 50.2 cm³/mol. The van der Waals surface area contributed by atoms with E-state index in [9.17, 15) is 4.79 Å². The van der Waals surface area contributed by atoms with Gasteiger partial charge in [0.1, 0.15) is 5.75 Å². The predicted octanol–water partition coefficient (Wildman–Crippen LogP) is 0.781. The molecule has 1 aromatic rings. The van der Waals surface area contributed by atoms with Gasteiger partial charge in [0, 0.05) is 7.11 Å². The van der Waals surface area contributed by atoms with Crippen molar-refractivity contribution in [3.8, 4) is 5.75 Å². The van der Waals surface area contributed by atoms with Crippen LogP contribution in [0, 0.1) is 0 Å². The summed E-state index contributed by atoms with van der Waals surface area (Å²) in [6, 6.07) is 7.11. The van der Waals surface area contributed by atoms with Gasteiger partial charge in [0.15, 0.2) is 0 Å². The number of fused-ring (bicyclic) bond motifs is 1. The molecular weight excluding hydrogens is 182 g/mol. The Morgan fingerprint density at radius 2 is 2.29 bits per heavy atom. The molecule has 4 nitrogen and oxygen atoms in total. The molecule has 1 unspecified atom stereocenters. The van der Waals surface area contributed by atoms with Crippen LogP contribution in [0.1, 0.15) is 10.4 Å². The van der Waals surface area contributed by atoms with Crippen LogP contribution in [0.2, 0.25) is 0 Å². The Bertz CT molecular complexity index is 351. The van der Waals surface area contributed by atoms with E-state index < -0.39 is 6.29 Å². The molecule has 0 bridgehead atoms. The van der Waals surface area contributed by atoms with Gasteiger partial charge in [-0.15, -0.1) is 0 Å². The molecule has 1 amide bonds. The summed E-state index contributed by atoms with van der Waals surface area (Å²) < 4.78 is 10.5. The number of para-hydroxylation sites is 1. The minimum atomic E-state index is -0.414. The number of methoxy groups -OCH3 is 1. The van der Waals surface area contributed by atoms with Crippen molar-refractivity contribution < 1.29 is 14.3 Å². The first-order valence-corrected chi connectivity index (χ1v) is 4.38. The van der Waals surface area contributed by atoms with Crippen molar-refractivity contribution >= 4 is 5.91 Å². The summed E-state index contributed by atoms with van der Waals surface area (Å²) in [5.41, 5.74) is 0.548. The molecule has 2 rings (SSSR count). The smallest absolute Gasteiger partial charge is 0.255 e. The second-order valence-corrected chi connectivity index (χ2v) is 2.99. The van der Waals surface area contributed by atoms with Crippen LogP contribution in [-0.4, -0.2) is 25.9 Å². The van der Waals surface area contributed by atoms with E-state index in [1.807, 2.05) is 6.07 Å². The average Bonchev–Trinajstić information content (AvgIpc) is 2.39. The van der Waals surface area contributed by atoms with Gasteiger partial charge in [0.2, 0.25) is 6.29 Å². The lowest BCUT2D eigenvalue weighted by atomic mass is 10.2. The van der Waals surface area contributed by atoms with Gasteiger partial charge in [0.25, 0.3) is 5.91 Å². The average molecular weight is 193 g/mol. The number of benzene rings is 1. The molecule has 0 saturated carbocycles. The summed E-state index contributed by atoms with van der Waals surface area (Å²) in [7, 11) is 1.55. The maximum Gasteiger partial charge on any atom is 0.255 e. The molecule has 0 saturated heterocycles. The van der Waals surface area contributed by atoms with Crippen LogP contribution in [-0.2, 0) is 4.74 Å². The van der Waals surface area contributed by atoms with E-state index in [1.165, 1.54) is 0 Å². The molecule has 1 aliphatic rings. The highest BCUT2D eigenvalue weighted by Crippen LogP contribution is 2.21. The maximum absolute atomic E-state index is 11.5. The number of hydrogen-bond acceptors (Lipinski definition) is 3. The molecule has 0 aromatic heterocycles. The van der Waals surface area contributed by atoms with Crippen LogP contribution in [0.25, 0.3) is 0 Å². The lowest BCUT2D eigenvalue weighted by Gasteiger charge is -2.13. The number of nitrogens with one attached hydrogen (secondary N) is 1. The van der Waals surface area contributed by atoms with Crippen molar-refractivity contribution in [3.05, 3.63) is 29.8 Å². The lowest BCUT2D eigenvalue weighted by molar-refractivity contribution is -0.0472. The van der Waals surface area contributed by atoms with E-state index in [2.05, 4.69) is 5.32 Å². The second-order valence-electron chi connectivity index (χ2n) is 2.99. The van der Waals surface area contributed by atoms with Gasteiger partial charge in [-0.05, 0) is 12.1 Å². The fourth-order valence-electron chi connectivity index (χ4n) is 1.34. The third-order valence-corrected chi connectivity index (χ3v) is 2.08. The topological polar surface area (TPSA) is 47.6 Å². The Kier molecular flexibility index (Phi) is 2.37. The fraction of sp³-hybridized carbons (Fsp3) is 0.300. The van der Waals surface area contributed by atoms with Crippen LogP contribution >= 0.6 is 0 Å². The van der Waals surface area contributed by atoms with Crippen LogP contribution < -0.4 is 10.1 Å². The Morgan fingerprint density at radius 3 is 3.07 bits per heavy atom. The number of ether oxygens (including phenoxy) is 2. The van der Waals surface area contributed by atoms with Gasteiger partial charge in [-0.1, -0.05) is 12.1 Å². The fourth-order valence-corrected chi connectivity index (χ4v) is 1.34. The zero-order valence-electron chi connectivity index (χ0n) is 7.82. The highest BCUT2D eigenvalue weighted by molar-refractivity contribution is 5.97. The molecule has 14 heavy (non-hydrogen) atoms. The molecule has 0 aliphatic carbocycles. The third-order valence-electron chi connectivity index (χ3n) is 2.08. The van der Waals surface area contributed by atoms with E-state index in [0.29, 0.717) is 17.9 Å². The first-order valence-electron chi connectivity index (χ1n) is 4.38. The molecule has 1 N–H and O–H groups in total. The van der Waals surface area contributed by atoms with E-state index in [1.54, 1.807) is 25.3 Å². The monoisotopic (exact) mass is 193 g/mol. The Hall–Kier alpha value is -1.55. The third kappa shape index (κ3) is 1.56. The molecule has 1 aliphatic heterocycles. The zero-order valence-corrected chi connectivity index (χ0v) is 7.82. The number of hydrogen-bond donors (Lipinski definition) is 1. The molecule has 4 heteroatoms. The van der Waals surface area contributed by atoms with Crippen molar-refractivity contribution in [3.63, 3.8) is 0 Å². The second kappa shape index (κ2) is 3.67. The van der Waals surface area contributed by atoms with Crippen molar-refractivity contribution in [1.82, 2.24) is 5.32 Å². The summed E-state index contributed by atoms with van der Waals surface area (Å²) in [6.07, 6.45) is -0.414.